The molecule has 10 aliphatic rings. The van der Waals surface area contributed by atoms with E-state index in [1.54, 1.807) is 44.9 Å². The van der Waals surface area contributed by atoms with Crippen molar-refractivity contribution in [3.05, 3.63) is 0 Å². The quantitative estimate of drug-likeness (QED) is 0.310. The first kappa shape index (κ1) is 33.4. The highest BCUT2D eigenvalue weighted by molar-refractivity contribution is 5.12. The van der Waals surface area contributed by atoms with Gasteiger partial charge in [-0.25, -0.2) is 0 Å². The molecule has 10 rings (SSSR count). The Balaban J connectivity index is 0.000000160. The third-order valence-electron chi connectivity index (χ3n) is 17.7. The second-order valence-electron chi connectivity index (χ2n) is 20.7. The molecule has 0 radical (unpaired) electrons. The van der Waals surface area contributed by atoms with Crippen LogP contribution in [0, 0.1) is 98.1 Å². The van der Waals surface area contributed by atoms with E-state index in [0.717, 1.165) is 71.0 Å². The van der Waals surface area contributed by atoms with E-state index < -0.39 is 0 Å². The molecule has 0 heterocycles. The van der Waals surface area contributed by atoms with Crippen LogP contribution in [-0.4, -0.2) is 0 Å². The zero-order valence-corrected chi connectivity index (χ0v) is 28.6. The van der Waals surface area contributed by atoms with Gasteiger partial charge in [0.05, 0.1) is 0 Å². The molecule has 13 unspecified atom stereocenters. The maximum Gasteiger partial charge on any atom is -0.0292 e. The Labute approximate surface area is 265 Å². The molecule has 42 heavy (non-hydrogen) atoms. The van der Waals surface area contributed by atoms with Crippen LogP contribution in [0.15, 0.2) is 0 Å². The topological polar surface area (TPSA) is 0 Å². The fourth-order valence-electron chi connectivity index (χ4n) is 13.9. The highest BCUT2D eigenvalue weighted by atomic mass is 14.7. The van der Waals surface area contributed by atoms with Gasteiger partial charge in [-0.2, -0.15) is 0 Å². The molecular formula is C42H76. The van der Waals surface area contributed by atoms with E-state index >= 15 is 0 Å². The van der Waals surface area contributed by atoms with Gasteiger partial charge in [-0.1, -0.05) is 84.1 Å². The van der Waals surface area contributed by atoms with E-state index in [1.165, 1.54) is 38.5 Å². The Morgan fingerprint density at radius 1 is 0.476 bits per heavy atom. The highest BCUT2D eigenvalue weighted by Gasteiger charge is 2.63. The molecule has 10 aliphatic carbocycles. The van der Waals surface area contributed by atoms with Crippen LogP contribution in [0.25, 0.3) is 0 Å². The van der Waals surface area contributed by atoms with E-state index in [1.807, 2.05) is 0 Å². The minimum absolute atomic E-state index is 0. The first-order valence-corrected chi connectivity index (χ1v) is 18.6. The number of rotatable bonds is 4. The molecule has 0 aliphatic heterocycles. The summed E-state index contributed by atoms with van der Waals surface area (Å²) in [5.41, 5.74) is 3.41. The minimum atomic E-state index is 0. The predicted octanol–water partition coefficient (Wildman–Crippen LogP) is 13.0. The molecule has 13 atom stereocenters. The standard InChI is InChI=1S/2C20H34.2CH4/c1-12-8-17-18(20(17,4)5)10-14(12)9-13-6-7-15-11-16(13)19(15,2)3;1-18(2)14-7-6-13(16(18)10-14)11-20(5)9-8-15-17(12-20)19(15,3)4;;/h12-18H,6-11H2,1-5H3;13-17H,6-12H2,1-5H3;2*1H4. The van der Waals surface area contributed by atoms with Gasteiger partial charge in [-0.05, 0) is 182 Å². The van der Waals surface area contributed by atoms with Crippen molar-refractivity contribution in [3.8, 4) is 0 Å². The molecule has 0 aromatic rings. The molecule has 10 fully saturated rings. The Morgan fingerprint density at radius 3 is 1.55 bits per heavy atom. The van der Waals surface area contributed by atoms with Gasteiger partial charge in [-0.3, -0.25) is 0 Å². The monoisotopic (exact) mass is 581 g/mol. The molecule has 244 valence electrons. The van der Waals surface area contributed by atoms with E-state index in [2.05, 4.69) is 69.2 Å². The van der Waals surface area contributed by atoms with E-state index in [0.29, 0.717) is 27.1 Å². The van der Waals surface area contributed by atoms with Crippen molar-refractivity contribution in [2.75, 3.05) is 0 Å². The van der Waals surface area contributed by atoms with Crippen molar-refractivity contribution in [3.63, 3.8) is 0 Å². The summed E-state index contributed by atoms with van der Waals surface area (Å²) >= 11 is 0. The van der Waals surface area contributed by atoms with Crippen LogP contribution < -0.4 is 0 Å². The number of fused-ring (bicyclic) bond motifs is 6. The smallest absolute Gasteiger partial charge is 0.0292 e. The summed E-state index contributed by atoms with van der Waals surface area (Å²) in [4.78, 5) is 0. The molecule has 0 spiro atoms. The predicted molar refractivity (Wildman–Crippen MR) is 184 cm³/mol. The first-order valence-electron chi connectivity index (χ1n) is 18.6. The fourth-order valence-corrected chi connectivity index (χ4v) is 13.9. The lowest BCUT2D eigenvalue weighted by Crippen LogP contribution is -2.53. The first-order chi connectivity index (χ1) is 18.6. The average molecular weight is 581 g/mol. The van der Waals surface area contributed by atoms with Crippen molar-refractivity contribution < 1.29 is 0 Å². The van der Waals surface area contributed by atoms with E-state index in [9.17, 15) is 0 Å². The van der Waals surface area contributed by atoms with Crippen molar-refractivity contribution in [2.45, 2.75) is 168 Å². The summed E-state index contributed by atoms with van der Waals surface area (Å²) < 4.78 is 0. The summed E-state index contributed by atoms with van der Waals surface area (Å²) in [6, 6.07) is 0. The molecule has 10 saturated carbocycles. The van der Waals surface area contributed by atoms with Crippen LogP contribution in [0.4, 0.5) is 0 Å². The van der Waals surface area contributed by atoms with Gasteiger partial charge in [0.2, 0.25) is 0 Å². The zero-order chi connectivity index (χ0) is 28.6. The molecule has 0 N–H and O–H groups in total. The Morgan fingerprint density at radius 2 is 1.00 bits per heavy atom. The highest BCUT2D eigenvalue weighted by Crippen LogP contribution is 2.71. The Hall–Kier alpha value is 0. The van der Waals surface area contributed by atoms with Gasteiger partial charge in [0.25, 0.3) is 0 Å². The third kappa shape index (κ3) is 5.03. The third-order valence-corrected chi connectivity index (χ3v) is 17.7. The SMILES string of the molecule is C.C.CC1(CC2CCC3CC2C3(C)C)CCC2C(C1)C2(C)C.CC1CC2C(CC1CC1CCC3CC1C3(C)C)C2(C)C. The van der Waals surface area contributed by atoms with Gasteiger partial charge in [0.1, 0.15) is 0 Å². The van der Waals surface area contributed by atoms with Gasteiger partial charge in [0, 0.05) is 0 Å². The van der Waals surface area contributed by atoms with Crippen molar-refractivity contribution >= 4 is 0 Å². The van der Waals surface area contributed by atoms with Crippen LogP contribution in [0.3, 0.4) is 0 Å². The molecule has 0 amide bonds. The molecule has 0 nitrogen and oxygen atoms in total. The normalized spacial score (nSPS) is 52.1. The van der Waals surface area contributed by atoms with E-state index in [-0.39, 0.29) is 14.9 Å². The molecule has 4 bridgehead atoms. The van der Waals surface area contributed by atoms with Gasteiger partial charge >= 0.3 is 0 Å². The zero-order valence-electron chi connectivity index (χ0n) is 28.6. The lowest BCUT2D eigenvalue weighted by molar-refractivity contribution is -0.117. The lowest BCUT2D eigenvalue weighted by atomic mass is 9.44. The van der Waals surface area contributed by atoms with Crippen molar-refractivity contribution in [1.82, 2.24) is 0 Å². The van der Waals surface area contributed by atoms with Crippen LogP contribution in [0.1, 0.15) is 168 Å². The lowest BCUT2D eigenvalue weighted by Gasteiger charge is -2.61. The van der Waals surface area contributed by atoms with Crippen molar-refractivity contribution in [1.29, 1.82) is 0 Å². The van der Waals surface area contributed by atoms with Gasteiger partial charge in [0.15, 0.2) is 0 Å². The second kappa shape index (κ2) is 10.5. The van der Waals surface area contributed by atoms with Crippen LogP contribution in [-0.2, 0) is 0 Å². The maximum atomic E-state index is 2.63. The van der Waals surface area contributed by atoms with Gasteiger partial charge in [-0.15, -0.1) is 0 Å². The van der Waals surface area contributed by atoms with E-state index in [4.69, 9.17) is 0 Å². The fraction of sp³-hybridized carbons (Fsp3) is 1.00. The summed E-state index contributed by atoms with van der Waals surface area (Å²) in [6.07, 6.45) is 20.1. The minimum Gasteiger partial charge on any atom is -0.0776 e. The summed E-state index contributed by atoms with van der Waals surface area (Å²) in [5.74, 6) is 12.7. The van der Waals surface area contributed by atoms with Crippen LogP contribution in [0.2, 0.25) is 0 Å². The largest absolute Gasteiger partial charge is 0.0776 e. The van der Waals surface area contributed by atoms with Gasteiger partial charge < -0.3 is 0 Å². The molecule has 0 saturated heterocycles. The molecule has 0 aromatic carbocycles. The van der Waals surface area contributed by atoms with Crippen LogP contribution >= 0.6 is 0 Å². The summed E-state index contributed by atoms with van der Waals surface area (Å²) in [7, 11) is 0. The summed E-state index contributed by atoms with van der Waals surface area (Å²) in [6.45, 7) is 25.5. The maximum absolute atomic E-state index is 2.63. The Kier molecular flexibility index (Phi) is 8.35. The molecular weight excluding hydrogens is 504 g/mol. The summed E-state index contributed by atoms with van der Waals surface area (Å²) in [5, 5.41) is 0. The number of hydrogen-bond donors (Lipinski definition) is 0. The van der Waals surface area contributed by atoms with Crippen molar-refractivity contribution in [2.24, 2.45) is 98.1 Å². The second-order valence-corrected chi connectivity index (χ2v) is 20.7. The van der Waals surface area contributed by atoms with Crippen LogP contribution in [0.5, 0.6) is 0 Å². The average Bonchev–Trinajstić information content (AvgIpc) is 3.64. The molecule has 0 aromatic heterocycles. The Bertz CT molecular complexity index is 974. The number of hydrogen-bond acceptors (Lipinski definition) is 0. The molecule has 0 heteroatoms.